The Morgan fingerprint density at radius 2 is 2.35 bits per heavy atom. The van der Waals surface area contributed by atoms with Crippen molar-refractivity contribution < 1.29 is 10.0 Å². The van der Waals surface area contributed by atoms with E-state index in [-0.39, 0.29) is 11.7 Å². The third-order valence-corrected chi connectivity index (χ3v) is 4.19. The second-order valence-corrected chi connectivity index (χ2v) is 6.19. The molecule has 1 unspecified atom stereocenters. The number of oxime groups is 1. The van der Waals surface area contributed by atoms with Crippen LogP contribution in [0.15, 0.2) is 21.1 Å². The van der Waals surface area contributed by atoms with E-state index in [1.54, 1.807) is 19.1 Å². The number of nitrogens with two attached hydrogens (primary N) is 1. The van der Waals surface area contributed by atoms with Gasteiger partial charge in [0.15, 0.2) is 5.84 Å². The fourth-order valence-electron chi connectivity index (χ4n) is 1.19. The minimum atomic E-state index is -0.845. The molecule has 1 aromatic rings. The number of amidine groups is 1. The maximum absolute atomic E-state index is 11.9. The van der Waals surface area contributed by atoms with Gasteiger partial charge in [0, 0.05) is 0 Å². The number of nitrogens with zero attached hydrogens (tertiary/aromatic N) is 1. The van der Waals surface area contributed by atoms with Crippen LogP contribution in [0.1, 0.15) is 29.9 Å². The Kier molecular flexibility index (Phi) is 4.53. The number of carbonyl (C=O) groups excluding carboxylic acids is 1. The molecule has 1 rings (SSSR count). The topological polar surface area (TPSA) is 87.7 Å². The molecule has 0 aliphatic heterocycles. The summed E-state index contributed by atoms with van der Waals surface area (Å²) in [4.78, 5) is 12.5. The minimum absolute atomic E-state index is 0.0102. The van der Waals surface area contributed by atoms with E-state index in [0.717, 1.165) is 3.79 Å². The number of hydrogen-bond acceptors (Lipinski definition) is 4. The first-order chi connectivity index (χ1) is 7.92. The molecule has 7 heteroatoms. The van der Waals surface area contributed by atoms with E-state index in [4.69, 9.17) is 10.9 Å². The smallest absolute Gasteiger partial charge is 0.262 e. The lowest BCUT2D eigenvalue weighted by molar-refractivity contribution is 0.0929. The molecule has 0 spiro atoms. The molecule has 5 nitrogen and oxygen atoms in total. The van der Waals surface area contributed by atoms with E-state index < -0.39 is 5.54 Å². The predicted octanol–water partition coefficient (Wildman–Crippen LogP) is 2.16. The lowest BCUT2D eigenvalue weighted by Crippen LogP contribution is -2.54. The van der Waals surface area contributed by atoms with Gasteiger partial charge in [0.1, 0.15) is 0 Å². The number of rotatable bonds is 4. The zero-order chi connectivity index (χ0) is 13.1. The largest absolute Gasteiger partial charge is 0.409 e. The van der Waals surface area contributed by atoms with Gasteiger partial charge < -0.3 is 16.3 Å². The van der Waals surface area contributed by atoms with Crippen LogP contribution in [0.5, 0.6) is 0 Å². The summed E-state index contributed by atoms with van der Waals surface area (Å²) in [5.74, 6) is -0.249. The molecule has 0 radical (unpaired) electrons. The van der Waals surface area contributed by atoms with E-state index in [2.05, 4.69) is 26.4 Å². The Morgan fingerprint density at radius 1 is 1.71 bits per heavy atom. The van der Waals surface area contributed by atoms with Crippen molar-refractivity contribution >= 4 is 39.0 Å². The average molecular weight is 320 g/mol. The summed E-state index contributed by atoms with van der Waals surface area (Å²) in [7, 11) is 0. The van der Waals surface area contributed by atoms with Gasteiger partial charge in [0.25, 0.3) is 5.91 Å². The van der Waals surface area contributed by atoms with E-state index in [1.165, 1.54) is 11.3 Å². The fraction of sp³-hybridized carbons (Fsp3) is 0.400. The molecule has 1 aromatic heterocycles. The normalized spacial score (nSPS) is 15.4. The first-order valence-electron chi connectivity index (χ1n) is 4.98. The van der Waals surface area contributed by atoms with Gasteiger partial charge in [0.05, 0.1) is 14.2 Å². The Labute approximate surface area is 112 Å². The number of amides is 1. The standard InChI is InChI=1S/C10H14BrN3O2S/c1-3-10(2,9(12)14-16)13-8(15)6-4-5-7(11)17-6/h4-5,16H,3H2,1-2H3,(H2,12,14)(H,13,15). The van der Waals surface area contributed by atoms with Gasteiger partial charge in [-0.1, -0.05) is 12.1 Å². The molecule has 0 aromatic carbocycles. The number of thiophene rings is 1. The Bertz CT molecular complexity index is 447. The van der Waals surface area contributed by atoms with Crippen LogP contribution in [0.3, 0.4) is 0 Å². The Hall–Kier alpha value is -1.08. The second-order valence-electron chi connectivity index (χ2n) is 3.73. The highest BCUT2D eigenvalue weighted by atomic mass is 79.9. The molecule has 0 bridgehead atoms. The van der Waals surface area contributed by atoms with E-state index >= 15 is 0 Å². The van der Waals surface area contributed by atoms with Crippen LogP contribution in [-0.4, -0.2) is 22.5 Å². The summed E-state index contributed by atoms with van der Waals surface area (Å²) in [5.41, 5.74) is 4.73. The number of halogens is 1. The second kappa shape index (κ2) is 5.50. The molecule has 1 atom stereocenters. The molecule has 4 N–H and O–H groups in total. The maximum Gasteiger partial charge on any atom is 0.262 e. The van der Waals surface area contributed by atoms with Gasteiger partial charge >= 0.3 is 0 Å². The van der Waals surface area contributed by atoms with Crippen LogP contribution in [0.4, 0.5) is 0 Å². The first kappa shape index (κ1) is 14.0. The van der Waals surface area contributed by atoms with Gasteiger partial charge in [-0.2, -0.15) is 0 Å². The molecule has 0 aliphatic carbocycles. The van der Waals surface area contributed by atoms with Gasteiger partial charge in [0.2, 0.25) is 0 Å². The summed E-state index contributed by atoms with van der Waals surface area (Å²) < 4.78 is 0.879. The molecule has 94 valence electrons. The SMILES string of the molecule is CCC(C)(NC(=O)c1ccc(Br)s1)/C(N)=N/O. The van der Waals surface area contributed by atoms with Crippen molar-refractivity contribution in [2.24, 2.45) is 10.9 Å². The van der Waals surface area contributed by atoms with Crippen LogP contribution in [-0.2, 0) is 0 Å². The molecule has 0 saturated heterocycles. The van der Waals surface area contributed by atoms with Crippen molar-refractivity contribution in [1.29, 1.82) is 0 Å². The molecule has 17 heavy (non-hydrogen) atoms. The maximum atomic E-state index is 11.9. The van der Waals surface area contributed by atoms with Crippen molar-refractivity contribution in [3.8, 4) is 0 Å². The molecular weight excluding hydrogens is 306 g/mol. The summed E-state index contributed by atoms with van der Waals surface area (Å²) in [6.07, 6.45) is 0.529. The zero-order valence-corrected chi connectivity index (χ0v) is 11.9. The van der Waals surface area contributed by atoms with Crippen molar-refractivity contribution in [3.05, 3.63) is 20.8 Å². The van der Waals surface area contributed by atoms with Crippen LogP contribution >= 0.6 is 27.3 Å². The first-order valence-corrected chi connectivity index (χ1v) is 6.59. The lowest BCUT2D eigenvalue weighted by Gasteiger charge is -2.27. The van der Waals surface area contributed by atoms with Crippen LogP contribution in [0.25, 0.3) is 0 Å². The van der Waals surface area contributed by atoms with Crippen molar-refractivity contribution in [1.82, 2.24) is 5.32 Å². The summed E-state index contributed by atoms with van der Waals surface area (Å²) >= 11 is 4.62. The van der Waals surface area contributed by atoms with Crippen molar-refractivity contribution in [2.45, 2.75) is 25.8 Å². The highest BCUT2D eigenvalue weighted by molar-refractivity contribution is 9.11. The van der Waals surface area contributed by atoms with Crippen molar-refractivity contribution in [2.75, 3.05) is 0 Å². The Morgan fingerprint density at radius 3 is 2.76 bits per heavy atom. The van der Waals surface area contributed by atoms with Crippen LogP contribution in [0, 0.1) is 0 Å². The minimum Gasteiger partial charge on any atom is -0.409 e. The highest BCUT2D eigenvalue weighted by Crippen LogP contribution is 2.22. The van der Waals surface area contributed by atoms with Crippen molar-refractivity contribution in [3.63, 3.8) is 0 Å². The molecule has 0 fully saturated rings. The van der Waals surface area contributed by atoms with Gasteiger partial charge in [-0.05, 0) is 41.4 Å². The third-order valence-electron chi connectivity index (χ3n) is 2.57. The van der Waals surface area contributed by atoms with E-state index in [0.29, 0.717) is 11.3 Å². The quantitative estimate of drug-likeness (QED) is 0.344. The average Bonchev–Trinajstić information content (AvgIpc) is 2.74. The zero-order valence-electron chi connectivity index (χ0n) is 9.53. The number of nitrogens with one attached hydrogen (secondary N) is 1. The van der Waals surface area contributed by atoms with Crippen LogP contribution < -0.4 is 11.1 Å². The lowest BCUT2D eigenvalue weighted by atomic mass is 9.97. The molecule has 0 saturated carbocycles. The molecular formula is C10H14BrN3O2S. The van der Waals surface area contributed by atoms with Gasteiger partial charge in [-0.3, -0.25) is 4.79 Å². The summed E-state index contributed by atoms with van der Waals surface area (Å²) in [5, 5.41) is 14.4. The van der Waals surface area contributed by atoms with Gasteiger partial charge in [-0.25, -0.2) is 0 Å². The molecule has 1 heterocycles. The number of hydrogen-bond donors (Lipinski definition) is 3. The van der Waals surface area contributed by atoms with Crippen LogP contribution in [0.2, 0.25) is 0 Å². The molecule has 0 aliphatic rings. The predicted molar refractivity (Wildman–Crippen MR) is 71.6 cm³/mol. The Balaban J connectivity index is 2.86. The van der Waals surface area contributed by atoms with E-state index in [1.807, 2.05) is 6.92 Å². The monoisotopic (exact) mass is 319 g/mol. The van der Waals surface area contributed by atoms with E-state index in [9.17, 15) is 4.79 Å². The summed E-state index contributed by atoms with van der Waals surface area (Å²) in [6, 6.07) is 3.51. The molecule has 1 amide bonds. The number of carbonyl (C=O) groups is 1. The fourth-order valence-corrected chi connectivity index (χ4v) is 2.47. The summed E-state index contributed by atoms with van der Waals surface area (Å²) in [6.45, 7) is 3.56. The van der Waals surface area contributed by atoms with Gasteiger partial charge in [-0.15, -0.1) is 11.3 Å². The third kappa shape index (κ3) is 3.19. The highest BCUT2D eigenvalue weighted by Gasteiger charge is 2.30.